The first-order valence-electron chi connectivity index (χ1n) is 11.1. The van der Waals surface area contributed by atoms with Crippen LogP contribution < -0.4 is 9.62 Å². The number of likely N-dealkylation sites (N-methyl/N-ethyl adjacent to an activating group) is 1. The zero-order valence-electron chi connectivity index (χ0n) is 20.1. The number of hydrogen-bond donors (Lipinski definition) is 1. The molecule has 1 N–H and O–H groups in total. The number of anilines is 1. The molecule has 0 unspecified atom stereocenters. The zero-order valence-corrected chi connectivity index (χ0v) is 22.4. The van der Waals surface area contributed by atoms with Gasteiger partial charge in [0, 0.05) is 23.6 Å². The van der Waals surface area contributed by atoms with Crippen LogP contribution in [-0.2, 0) is 26.2 Å². The highest BCUT2D eigenvalue weighted by Gasteiger charge is 2.32. The van der Waals surface area contributed by atoms with Crippen LogP contribution in [0, 0.1) is 6.92 Å². The van der Waals surface area contributed by atoms with E-state index in [9.17, 15) is 18.0 Å². The quantitative estimate of drug-likeness (QED) is 0.422. The molecule has 0 spiro atoms. The summed E-state index contributed by atoms with van der Waals surface area (Å²) in [5, 5.41) is 3.36. The summed E-state index contributed by atoms with van der Waals surface area (Å²) in [7, 11) is -2.67. The first-order valence-corrected chi connectivity index (χ1v) is 13.3. The van der Waals surface area contributed by atoms with Gasteiger partial charge in [0.1, 0.15) is 12.6 Å². The van der Waals surface area contributed by atoms with Crippen molar-refractivity contribution in [2.45, 2.75) is 31.3 Å². The molecule has 0 aliphatic rings. The molecule has 190 valence electrons. The number of sulfonamides is 1. The SMILES string of the molecule is CNC(=O)[C@@H](C)N(Cc1ccccc1Cl)C(=O)CN(c1cccc(C)c1)S(=O)(=O)c1ccc(Cl)cc1. The number of amides is 2. The summed E-state index contributed by atoms with van der Waals surface area (Å²) in [5.41, 5.74) is 1.78. The van der Waals surface area contributed by atoms with Gasteiger partial charge in [-0.1, -0.05) is 53.5 Å². The minimum absolute atomic E-state index is 0.0155. The van der Waals surface area contributed by atoms with E-state index >= 15 is 0 Å². The third kappa shape index (κ3) is 6.37. The maximum absolute atomic E-state index is 13.7. The van der Waals surface area contributed by atoms with Crippen molar-refractivity contribution in [3.8, 4) is 0 Å². The molecule has 0 heterocycles. The van der Waals surface area contributed by atoms with E-state index in [-0.39, 0.29) is 11.4 Å². The van der Waals surface area contributed by atoms with Crippen LogP contribution in [0.2, 0.25) is 10.0 Å². The molecule has 0 fully saturated rings. The predicted molar refractivity (Wildman–Crippen MR) is 143 cm³/mol. The Morgan fingerprint density at radius 1 is 0.972 bits per heavy atom. The number of carbonyl (C=O) groups is 2. The van der Waals surface area contributed by atoms with Gasteiger partial charge in [0.2, 0.25) is 11.8 Å². The first-order chi connectivity index (χ1) is 17.0. The molecule has 0 aliphatic carbocycles. The van der Waals surface area contributed by atoms with Crippen LogP contribution in [0.5, 0.6) is 0 Å². The average molecular weight is 548 g/mol. The highest BCUT2D eigenvalue weighted by Crippen LogP contribution is 2.26. The van der Waals surface area contributed by atoms with E-state index in [2.05, 4.69) is 5.32 Å². The average Bonchev–Trinajstić information content (AvgIpc) is 2.85. The van der Waals surface area contributed by atoms with Gasteiger partial charge in [-0.25, -0.2) is 8.42 Å². The van der Waals surface area contributed by atoms with Crippen molar-refractivity contribution in [1.82, 2.24) is 10.2 Å². The summed E-state index contributed by atoms with van der Waals surface area (Å²) in [4.78, 5) is 27.5. The summed E-state index contributed by atoms with van der Waals surface area (Å²) < 4.78 is 28.4. The molecule has 0 radical (unpaired) electrons. The van der Waals surface area contributed by atoms with E-state index in [0.717, 1.165) is 9.87 Å². The molecular formula is C26H27Cl2N3O4S. The number of nitrogens with one attached hydrogen (secondary N) is 1. The van der Waals surface area contributed by atoms with Crippen LogP contribution in [0.4, 0.5) is 5.69 Å². The Hall–Kier alpha value is -3.07. The summed E-state index contributed by atoms with van der Waals surface area (Å²) in [6, 6.07) is 18.7. The zero-order chi connectivity index (χ0) is 26.5. The van der Waals surface area contributed by atoms with E-state index in [1.807, 2.05) is 13.0 Å². The number of hydrogen-bond acceptors (Lipinski definition) is 4. The lowest BCUT2D eigenvalue weighted by molar-refractivity contribution is -0.139. The number of benzene rings is 3. The van der Waals surface area contributed by atoms with Crippen molar-refractivity contribution in [3.63, 3.8) is 0 Å². The van der Waals surface area contributed by atoms with Gasteiger partial charge in [0.25, 0.3) is 10.0 Å². The van der Waals surface area contributed by atoms with E-state index in [0.29, 0.717) is 21.3 Å². The number of rotatable bonds is 9. The fourth-order valence-electron chi connectivity index (χ4n) is 3.65. The largest absolute Gasteiger partial charge is 0.357 e. The monoisotopic (exact) mass is 547 g/mol. The molecule has 3 aromatic carbocycles. The molecule has 2 amide bonds. The standard InChI is InChI=1S/C26H27Cl2N3O4S/c1-18-7-6-9-22(15-18)31(36(34,35)23-13-11-21(27)12-14-23)17-25(32)30(19(2)26(33)29-3)16-20-8-4-5-10-24(20)28/h4-15,19H,16-17H2,1-3H3,(H,29,33)/t19-/m1/s1. The Morgan fingerprint density at radius 3 is 2.25 bits per heavy atom. The Bertz CT molecular complexity index is 1350. The first kappa shape index (κ1) is 27.5. The van der Waals surface area contributed by atoms with Crippen LogP contribution in [0.1, 0.15) is 18.1 Å². The van der Waals surface area contributed by atoms with Crippen molar-refractivity contribution >= 4 is 50.7 Å². The topological polar surface area (TPSA) is 86.8 Å². The van der Waals surface area contributed by atoms with Gasteiger partial charge in [0.15, 0.2) is 0 Å². The smallest absolute Gasteiger partial charge is 0.264 e. The molecule has 3 rings (SSSR count). The summed E-state index contributed by atoms with van der Waals surface area (Å²) in [6.45, 7) is 2.91. The van der Waals surface area contributed by atoms with E-state index in [1.54, 1.807) is 49.4 Å². The van der Waals surface area contributed by atoms with Gasteiger partial charge < -0.3 is 10.2 Å². The molecule has 0 aliphatic heterocycles. The van der Waals surface area contributed by atoms with Crippen LogP contribution in [-0.4, -0.2) is 44.8 Å². The van der Waals surface area contributed by atoms with E-state index in [4.69, 9.17) is 23.2 Å². The minimum atomic E-state index is -4.15. The summed E-state index contributed by atoms with van der Waals surface area (Å²) in [6.07, 6.45) is 0. The summed E-state index contributed by atoms with van der Waals surface area (Å²) >= 11 is 12.3. The lowest BCUT2D eigenvalue weighted by Gasteiger charge is -2.32. The third-order valence-electron chi connectivity index (χ3n) is 5.68. The van der Waals surface area contributed by atoms with Crippen LogP contribution in [0.15, 0.2) is 77.7 Å². The molecular weight excluding hydrogens is 521 g/mol. The van der Waals surface area contributed by atoms with Gasteiger partial charge in [-0.2, -0.15) is 0 Å². The van der Waals surface area contributed by atoms with Crippen molar-refractivity contribution < 1.29 is 18.0 Å². The van der Waals surface area contributed by atoms with E-state index in [1.165, 1.54) is 36.2 Å². The van der Waals surface area contributed by atoms with Gasteiger partial charge >= 0.3 is 0 Å². The van der Waals surface area contributed by atoms with Gasteiger partial charge in [0.05, 0.1) is 10.6 Å². The van der Waals surface area contributed by atoms with Crippen molar-refractivity contribution in [3.05, 3.63) is 94.0 Å². The Morgan fingerprint density at radius 2 is 1.64 bits per heavy atom. The molecule has 36 heavy (non-hydrogen) atoms. The lowest BCUT2D eigenvalue weighted by Crippen LogP contribution is -2.50. The molecule has 3 aromatic rings. The van der Waals surface area contributed by atoms with Crippen molar-refractivity contribution in [2.24, 2.45) is 0 Å². The van der Waals surface area contributed by atoms with Gasteiger partial charge in [-0.15, -0.1) is 0 Å². The number of nitrogens with zero attached hydrogens (tertiary/aromatic N) is 2. The summed E-state index contributed by atoms with van der Waals surface area (Å²) in [5.74, 6) is -0.955. The fraction of sp³-hybridized carbons (Fsp3) is 0.231. The molecule has 0 saturated carbocycles. The van der Waals surface area contributed by atoms with Crippen LogP contribution in [0.3, 0.4) is 0 Å². The Labute approximate surface area is 221 Å². The normalized spacial score (nSPS) is 12.0. The fourth-order valence-corrected chi connectivity index (χ4v) is 5.37. The molecule has 0 saturated heterocycles. The number of carbonyl (C=O) groups excluding carboxylic acids is 2. The molecule has 1 atom stereocenters. The second-order valence-electron chi connectivity index (χ2n) is 8.21. The van der Waals surface area contributed by atoms with Crippen LogP contribution >= 0.6 is 23.2 Å². The second kappa shape index (κ2) is 11.8. The Kier molecular flexibility index (Phi) is 9.00. The number of halogens is 2. The minimum Gasteiger partial charge on any atom is -0.357 e. The number of aryl methyl sites for hydroxylation is 1. The lowest BCUT2D eigenvalue weighted by atomic mass is 10.1. The second-order valence-corrected chi connectivity index (χ2v) is 10.9. The highest BCUT2D eigenvalue weighted by molar-refractivity contribution is 7.92. The predicted octanol–water partition coefficient (Wildman–Crippen LogP) is 4.66. The molecule has 0 bridgehead atoms. The maximum Gasteiger partial charge on any atom is 0.264 e. The van der Waals surface area contributed by atoms with Crippen molar-refractivity contribution in [2.75, 3.05) is 17.9 Å². The maximum atomic E-state index is 13.7. The van der Waals surface area contributed by atoms with Crippen LogP contribution in [0.25, 0.3) is 0 Å². The third-order valence-corrected chi connectivity index (χ3v) is 8.09. The Balaban J connectivity index is 2.05. The molecule has 10 heteroatoms. The van der Waals surface area contributed by atoms with Crippen molar-refractivity contribution in [1.29, 1.82) is 0 Å². The van der Waals surface area contributed by atoms with Gasteiger partial charge in [-0.05, 0) is 67.4 Å². The molecule has 0 aromatic heterocycles. The molecule has 7 nitrogen and oxygen atoms in total. The van der Waals surface area contributed by atoms with E-state index < -0.39 is 34.4 Å². The van der Waals surface area contributed by atoms with Gasteiger partial charge in [-0.3, -0.25) is 13.9 Å². The highest BCUT2D eigenvalue weighted by atomic mass is 35.5.